The zero-order valence-electron chi connectivity index (χ0n) is 17.0. The van der Waals surface area contributed by atoms with E-state index in [4.69, 9.17) is 4.52 Å². The van der Waals surface area contributed by atoms with Crippen LogP contribution >= 0.6 is 0 Å². The number of nitrogens with one attached hydrogen (secondary N) is 1. The Morgan fingerprint density at radius 1 is 1.26 bits per heavy atom. The number of amides is 1. The molecule has 0 saturated heterocycles. The molecule has 6 nitrogen and oxygen atoms in total. The van der Waals surface area contributed by atoms with E-state index in [1.807, 2.05) is 19.9 Å². The Balaban J connectivity index is 1.71. The predicted octanol–water partition coefficient (Wildman–Crippen LogP) is 4.37. The van der Waals surface area contributed by atoms with Crippen LogP contribution in [0.4, 0.5) is 0 Å². The second kappa shape index (κ2) is 7.71. The smallest absolute Gasteiger partial charge is 0.244 e. The molecule has 1 N–H and O–H groups in total. The fourth-order valence-corrected chi connectivity index (χ4v) is 4.00. The van der Waals surface area contributed by atoms with Gasteiger partial charge in [0.05, 0.1) is 5.54 Å². The minimum atomic E-state index is -0.696. The van der Waals surface area contributed by atoms with Crippen LogP contribution < -0.4 is 5.32 Å². The largest absolute Gasteiger partial charge is 0.346 e. The van der Waals surface area contributed by atoms with E-state index in [-0.39, 0.29) is 5.91 Å². The summed E-state index contributed by atoms with van der Waals surface area (Å²) in [6, 6.07) is 2.76. The van der Waals surface area contributed by atoms with Gasteiger partial charge in [-0.1, -0.05) is 24.4 Å². The molecule has 0 bridgehead atoms. The minimum Gasteiger partial charge on any atom is -0.346 e. The van der Waals surface area contributed by atoms with Crippen LogP contribution in [0.3, 0.4) is 0 Å². The molecule has 146 valence electrons. The van der Waals surface area contributed by atoms with Crippen LogP contribution in [0.2, 0.25) is 0 Å². The van der Waals surface area contributed by atoms with Gasteiger partial charge in [-0.05, 0) is 58.2 Å². The van der Waals surface area contributed by atoms with Gasteiger partial charge in [-0.15, -0.1) is 0 Å². The Morgan fingerprint density at radius 3 is 2.59 bits per heavy atom. The number of aromatic nitrogens is 3. The standard InChI is InChI=1S/C21H30N4O2/c1-14-13-17(15(2)25(14)18-9-7-6-8-10-18)11-12-19(26)23-21(4,5)20-22-16(3)27-24-20/h11-13,18H,6-10H2,1-5H3,(H,23,26)/b12-11+. The number of hydrogen-bond donors (Lipinski definition) is 1. The Bertz CT molecular complexity index is 838. The fraction of sp³-hybridized carbons (Fsp3) is 0.571. The third kappa shape index (κ3) is 4.31. The van der Waals surface area contributed by atoms with Crippen molar-refractivity contribution in [2.24, 2.45) is 0 Å². The summed E-state index contributed by atoms with van der Waals surface area (Å²) in [7, 11) is 0. The van der Waals surface area contributed by atoms with Gasteiger partial charge in [0.1, 0.15) is 0 Å². The summed E-state index contributed by atoms with van der Waals surface area (Å²) in [5.41, 5.74) is 2.90. The van der Waals surface area contributed by atoms with E-state index >= 15 is 0 Å². The molecule has 0 unspecified atom stereocenters. The van der Waals surface area contributed by atoms with E-state index in [1.54, 1.807) is 13.0 Å². The van der Waals surface area contributed by atoms with E-state index in [2.05, 4.69) is 39.9 Å². The molecule has 0 spiro atoms. The number of carbonyl (C=O) groups excluding carboxylic acids is 1. The summed E-state index contributed by atoms with van der Waals surface area (Å²) in [6.45, 7) is 9.75. The van der Waals surface area contributed by atoms with Crippen LogP contribution in [0.15, 0.2) is 16.7 Å². The van der Waals surface area contributed by atoms with Crippen LogP contribution in [-0.4, -0.2) is 20.6 Å². The first-order valence-electron chi connectivity index (χ1n) is 9.77. The zero-order valence-corrected chi connectivity index (χ0v) is 17.0. The fourth-order valence-electron chi connectivity index (χ4n) is 4.00. The number of hydrogen-bond acceptors (Lipinski definition) is 4. The molecule has 0 aliphatic heterocycles. The monoisotopic (exact) mass is 370 g/mol. The Kier molecular flexibility index (Phi) is 5.53. The van der Waals surface area contributed by atoms with Crippen LogP contribution in [0.25, 0.3) is 6.08 Å². The summed E-state index contributed by atoms with van der Waals surface area (Å²) >= 11 is 0. The normalized spacial score (nSPS) is 16.2. The average molecular weight is 370 g/mol. The van der Waals surface area contributed by atoms with Crippen molar-refractivity contribution in [1.82, 2.24) is 20.0 Å². The van der Waals surface area contributed by atoms with Crippen molar-refractivity contribution in [3.05, 3.63) is 40.8 Å². The summed E-state index contributed by atoms with van der Waals surface area (Å²) < 4.78 is 7.46. The Labute approximate surface area is 161 Å². The van der Waals surface area contributed by atoms with Gasteiger partial charge in [0.15, 0.2) is 5.82 Å². The topological polar surface area (TPSA) is 73.0 Å². The predicted molar refractivity (Wildman–Crippen MR) is 105 cm³/mol. The van der Waals surface area contributed by atoms with Gasteiger partial charge < -0.3 is 14.4 Å². The van der Waals surface area contributed by atoms with Gasteiger partial charge >= 0.3 is 0 Å². The molecule has 27 heavy (non-hydrogen) atoms. The lowest BCUT2D eigenvalue weighted by Gasteiger charge is -2.26. The highest BCUT2D eigenvalue weighted by Crippen LogP contribution is 2.32. The van der Waals surface area contributed by atoms with Gasteiger partial charge in [0.25, 0.3) is 0 Å². The highest BCUT2D eigenvalue weighted by atomic mass is 16.5. The summed E-state index contributed by atoms with van der Waals surface area (Å²) in [5, 5.41) is 6.85. The molecular formula is C21H30N4O2. The van der Waals surface area contributed by atoms with Crippen LogP contribution in [-0.2, 0) is 10.3 Å². The van der Waals surface area contributed by atoms with Crippen molar-refractivity contribution in [3.63, 3.8) is 0 Å². The van der Waals surface area contributed by atoms with E-state index in [1.165, 1.54) is 43.5 Å². The Morgan fingerprint density at radius 2 is 1.96 bits per heavy atom. The van der Waals surface area contributed by atoms with Crippen molar-refractivity contribution < 1.29 is 9.32 Å². The molecule has 1 fully saturated rings. The van der Waals surface area contributed by atoms with E-state index in [0.717, 1.165) is 5.56 Å². The van der Waals surface area contributed by atoms with Gasteiger partial charge in [0, 0.05) is 30.4 Å². The second-order valence-corrected chi connectivity index (χ2v) is 8.07. The van der Waals surface area contributed by atoms with Crippen molar-refractivity contribution in [2.45, 2.75) is 78.3 Å². The number of carbonyl (C=O) groups is 1. The van der Waals surface area contributed by atoms with Crippen molar-refractivity contribution in [3.8, 4) is 0 Å². The molecule has 1 aliphatic carbocycles. The van der Waals surface area contributed by atoms with Crippen LogP contribution in [0.1, 0.15) is 80.7 Å². The molecule has 0 radical (unpaired) electrons. The first-order chi connectivity index (χ1) is 12.8. The van der Waals surface area contributed by atoms with Crippen molar-refractivity contribution >= 4 is 12.0 Å². The maximum atomic E-state index is 12.4. The van der Waals surface area contributed by atoms with Gasteiger partial charge in [-0.25, -0.2) is 0 Å². The summed E-state index contributed by atoms with van der Waals surface area (Å²) in [5.74, 6) is 0.778. The molecule has 6 heteroatoms. The highest BCUT2D eigenvalue weighted by Gasteiger charge is 2.27. The van der Waals surface area contributed by atoms with Gasteiger partial charge in [-0.3, -0.25) is 4.79 Å². The third-order valence-electron chi connectivity index (χ3n) is 5.40. The zero-order chi connectivity index (χ0) is 19.6. The molecule has 2 heterocycles. The SMILES string of the molecule is Cc1nc(C(C)(C)NC(=O)/C=C/c2cc(C)n(C3CCCCC3)c2C)no1. The van der Waals surface area contributed by atoms with Crippen molar-refractivity contribution in [2.75, 3.05) is 0 Å². The lowest BCUT2D eigenvalue weighted by molar-refractivity contribution is -0.118. The molecule has 2 aromatic heterocycles. The Hall–Kier alpha value is -2.37. The van der Waals surface area contributed by atoms with Crippen LogP contribution in [0.5, 0.6) is 0 Å². The third-order valence-corrected chi connectivity index (χ3v) is 5.40. The first kappa shape index (κ1) is 19.4. The number of rotatable bonds is 5. The highest BCUT2D eigenvalue weighted by molar-refractivity contribution is 5.92. The lowest BCUT2D eigenvalue weighted by Crippen LogP contribution is -2.41. The molecule has 0 atom stereocenters. The number of nitrogens with zero attached hydrogens (tertiary/aromatic N) is 3. The molecule has 3 rings (SSSR count). The van der Waals surface area contributed by atoms with E-state index in [9.17, 15) is 4.79 Å². The molecule has 1 aliphatic rings. The maximum Gasteiger partial charge on any atom is 0.244 e. The molecule has 1 amide bonds. The van der Waals surface area contributed by atoms with Crippen LogP contribution in [0, 0.1) is 20.8 Å². The molecular weight excluding hydrogens is 340 g/mol. The molecule has 0 aromatic carbocycles. The maximum absolute atomic E-state index is 12.4. The molecule has 1 saturated carbocycles. The van der Waals surface area contributed by atoms with E-state index < -0.39 is 5.54 Å². The van der Waals surface area contributed by atoms with E-state index in [0.29, 0.717) is 17.8 Å². The quantitative estimate of drug-likeness (QED) is 0.793. The minimum absolute atomic E-state index is 0.176. The summed E-state index contributed by atoms with van der Waals surface area (Å²) in [4.78, 5) is 16.6. The summed E-state index contributed by atoms with van der Waals surface area (Å²) in [6.07, 6.45) is 9.94. The van der Waals surface area contributed by atoms with Gasteiger partial charge in [0.2, 0.25) is 11.8 Å². The second-order valence-electron chi connectivity index (χ2n) is 8.07. The average Bonchev–Trinajstić information content (AvgIpc) is 3.17. The number of aryl methyl sites for hydroxylation is 2. The van der Waals surface area contributed by atoms with Crippen molar-refractivity contribution in [1.29, 1.82) is 0 Å². The molecule has 2 aromatic rings. The first-order valence-corrected chi connectivity index (χ1v) is 9.77. The van der Waals surface area contributed by atoms with Gasteiger partial charge in [-0.2, -0.15) is 4.98 Å². The lowest BCUT2D eigenvalue weighted by atomic mass is 9.95.